The Bertz CT molecular complexity index is 563. The normalized spacial score (nSPS) is 10.5. The van der Waals surface area contributed by atoms with E-state index < -0.39 is 5.97 Å². The van der Waals surface area contributed by atoms with E-state index in [1.165, 1.54) is 6.07 Å². The molecular weight excluding hydrogens is 240 g/mol. The smallest absolute Gasteiger partial charge is 0.336 e. The molecule has 0 fully saturated rings. The van der Waals surface area contributed by atoms with Crippen molar-refractivity contribution in [3.8, 4) is 11.3 Å². The Hall–Kier alpha value is -1.81. The topological polar surface area (TPSA) is 55.1 Å². The van der Waals surface area contributed by atoms with Crippen molar-refractivity contribution in [2.75, 3.05) is 0 Å². The lowest BCUT2D eigenvalue weighted by atomic mass is 10.0. The summed E-state index contributed by atoms with van der Waals surface area (Å²) < 4.78 is 1.73. The van der Waals surface area contributed by atoms with Crippen molar-refractivity contribution in [3.63, 3.8) is 0 Å². The van der Waals surface area contributed by atoms with Gasteiger partial charge in [-0.1, -0.05) is 11.6 Å². The summed E-state index contributed by atoms with van der Waals surface area (Å²) in [6, 6.07) is 6.50. The molecule has 0 unspecified atom stereocenters. The van der Waals surface area contributed by atoms with Gasteiger partial charge in [0.2, 0.25) is 0 Å². The standard InChI is InChI=1S/C12H11ClN2O2/c1-2-15-11(5-6-14-15)10-7-8(13)3-4-9(10)12(16)17/h3-7H,2H2,1H3,(H,16,17). The maximum Gasteiger partial charge on any atom is 0.336 e. The minimum atomic E-state index is -0.972. The van der Waals surface area contributed by atoms with E-state index in [9.17, 15) is 4.79 Å². The minimum Gasteiger partial charge on any atom is -0.478 e. The van der Waals surface area contributed by atoms with Crippen molar-refractivity contribution in [2.24, 2.45) is 0 Å². The quantitative estimate of drug-likeness (QED) is 0.911. The molecule has 0 aliphatic rings. The predicted molar refractivity (Wildman–Crippen MR) is 65.3 cm³/mol. The lowest BCUT2D eigenvalue weighted by molar-refractivity contribution is 0.0697. The Morgan fingerprint density at radius 3 is 2.88 bits per heavy atom. The second-order valence-corrected chi connectivity index (χ2v) is 3.96. The Morgan fingerprint density at radius 1 is 1.47 bits per heavy atom. The third kappa shape index (κ3) is 2.17. The zero-order chi connectivity index (χ0) is 12.4. The van der Waals surface area contributed by atoms with Crippen LogP contribution in [0, 0.1) is 0 Å². The average molecular weight is 251 g/mol. The number of carboxylic acids is 1. The molecule has 0 spiro atoms. The summed E-state index contributed by atoms with van der Waals surface area (Å²) in [6.07, 6.45) is 1.64. The molecule has 88 valence electrons. The van der Waals surface area contributed by atoms with Gasteiger partial charge in [0.05, 0.1) is 11.3 Å². The van der Waals surface area contributed by atoms with Crippen LogP contribution in [0.2, 0.25) is 5.02 Å². The number of aromatic carboxylic acids is 1. The third-order valence-corrected chi connectivity index (χ3v) is 2.74. The van der Waals surface area contributed by atoms with Crippen molar-refractivity contribution >= 4 is 17.6 Å². The van der Waals surface area contributed by atoms with Gasteiger partial charge in [0, 0.05) is 23.3 Å². The van der Waals surface area contributed by atoms with Gasteiger partial charge in [-0.15, -0.1) is 0 Å². The van der Waals surface area contributed by atoms with Crippen LogP contribution in [0.5, 0.6) is 0 Å². The molecule has 0 radical (unpaired) electrons. The number of aryl methyl sites for hydroxylation is 1. The van der Waals surface area contributed by atoms with Crippen LogP contribution in [0.3, 0.4) is 0 Å². The highest BCUT2D eigenvalue weighted by molar-refractivity contribution is 6.31. The first kappa shape index (κ1) is 11.7. The molecule has 1 N–H and O–H groups in total. The molecule has 2 aromatic rings. The lowest BCUT2D eigenvalue weighted by Crippen LogP contribution is -2.04. The first-order chi connectivity index (χ1) is 8.13. The fraction of sp³-hybridized carbons (Fsp3) is 0.167. The van der Waals surface area contributed by atoms with Gasteiger partial charge in [-0.25, -0.2) is 4.79 Å². The van der Waals surface area contributed by atoms with Gasteiger partial charge in [-0.05, 0) is 31.2 Å². The highest BCUT2D eigenvalue weighted by atomic mass is 35.5. The van der Waals surface area contributed by atoms with Crippen molar-refractivity contribution in [2.45, 2.75) is 13.5 Å². The summed E-state index contributed by atoms with van der Waals surface area (Å²) in [6.45, 7) is 2.62. The number of carboxylic acid groups (broad SMARTS) is 1. The molecule has 0 saturated heterocycles. The molecule has 5 heteroatoms. The highest BCUT2D eigenvalue weighted by Crippen LogP contribution is 2.27. The van der Waals surface area contributed by atoms with E-state index in [1.807, 2.05) is 6.92 Å². The van der Waals surface area contributed by atoms with E-state index in [1.54, 1.807) is 29.1 Å². The first-order valence-corrected chi connectivity index (χ1v) is 5.56. The number of aromatic nitrogens is 2. The second kappa shape index (κ2) is 4.59. The molecule has 1 aromatic carbocycles. The van der Waals surface area contributed by atoms with Crippen LogP contribution in [-0.4, -0.2) is 20.9 Å². The number of hydrogen-bond donors (Lipinski definition) is 1. The molecule has 0 atom stereocenters. The molecule has 17 heavy (non-hydrogen) atoms. The first-order valence-electron chi connectivity index (χ1n) is 5.18. The molecule has 2 rings (SSSR count). The summed E-state index contributed by atoms with van der Waals surface area (Å²) in [7, 11) is 0. The Kier molecular flexibility index (Phi) is 3.15. The monoisotopic (exact) mass is 250 g/mol. The molecule has 1 heterocycles. The second-order valence-electron chi connectivity index (χ2n) is 3.53. The molecule has 0 aliphatic carbocycles. The number of rotatable bonds is 3. The van der Waals surface area contributed by atoms with Gasteiger partial charge in [0.15, 0.2) is 0 Å². The van der Waals surface area contributed by atoms with E-state index >= 15 is 0 Å². The third-order valence-electron chi connectivity index (χ3n) is 2.50. The zero-order valence-electron chi connectivity index (χ0n) is 9.22. The predicted octanol–water partition coefficient (Wildman–Crippen LogP) is 2.92. The van der Waals surface area contributed by atoms with Crippen molar-refractivity contribution in [1.82, 2.24) is 9.78 Å². The van der Waals surface area contributed by atoms with Crippen LogP contribution >= 0.6 is 11.6 Å². The molecular formula is C12H11ClN2O2. The number of carbonyl (C=O) groups is 1. The summed E-state index contributed by atoms with van der Waals surface area (Å²) in [4.78, 5) is 11.2. The van der Waals surface area contributed by atoms with E-state index in [0.717, 1.165) is 5.69 Å². The number of benzene rings is 1. The fourth-order valence-corrected chi connectivity index (χ4v) is 1.90. The molecule has 0 amide bonds. The van der Waals surface area contributed by atoms with Crippen molar-refractivity contribution in [3.05, 3.63) is 41.0 Å². The van der Waals surface area contributed by atoms with Crippen LogP contribution in [-0.2, 0) is 6.54 Å². The van der Waals surface area contributed by atoms with Crippen LogP contribution in [0.25, 0.3) is 11.3 Å². The van der Waals surface area contributed by atoms with E-state index in [-0.39, 0.29) is 5.56 Å². The Labute approximate surface area is 103 Å². The van der Waals surface area contributed by atoms with Gasteiger partial charge in [0.1, 0.15) is 0 Å². The summed E-state index contributed by atoms with van der Waals surface area (Å²) in [5.41, 5.74) is 1.57. The van der Waals surface area contributed by atoms with Crippen LogP contribution in [0.4, 0.5) is 0 Å². The van der Waals surface area contributed by atoms with Crippen molar-refractivity contribution in [1.29, 1.82) is 0 Å². The van der Waals surface area contributed by atoms with Crippen molar-refractivity contribution < 1.29 is 9.90 Å². The highest BCUT2D eigenvalue weighted by Gasteiger charge is 2.14. The zero-order valence-corrected chi connectivity index (χ0v) is 9.98. The van der Waals surface area contributed by atoms with E-state index in [0.29, 0.717) is 17.1 Å². The minimum absolute atomic E-state index is 0.226. The molecule has 0 bridgehead atoms. The molecule has 0 aliphatic heterocycles. The summed E-state index contributed by atoms with van der Waals surface area (Å²) >= 11 is 5.91. The van der Waals surface area contributed by atoms with Gasteiger partial charge < -0.3 is 5.11 Å². The van der Waals surface area contributed by atoms with Crippen LogP contribution in [0.1, 0.15) is 17.3 Å². The largest absolute Gasteiger partial charge is 0.478 e. The number of nitrogens with zero attached hydrogens (tertiary/aromatic N) is 2. The SMILES string of the molecule is CCn1nccc1-c1cc(Cl)ccc1C(=O)O. The summed E-state index contributed by atoms with van der Waals surface area (Å²) in [5.74, 6) is -0.972. The lowest BCUT2D eigenvalue weighted by Gasteiger charge is -2.08. The van der Waals surface area contributed by atoms with E-state index in [4.69, 9.17) is 16.7 Å². The number of hydrogen-bond acceptors (Lipinski definition) is 2. The van der Waals surface area contributed by atoms with Gasteiger partial charge in [0.25, 0.3) is 0 Å². The average Bonchev–Trinajstić information content (AvgIpc) is 2.76. The maximum atomic E-state index is 11.2. The number of halogens is 1. The fourth-order valence-electron chi connectivity index (χ4n) is 1.73. The van der Waals surface area contributed by atoms with Crippen LogP contribution < -0.4 is 0 Å². The molecule has 1 aromatic heterocycles. The van der Waals surface area contributed by atoms with Gasteiger partial charge >= 0.3 is 5.97 Å². The van der Waals surface area contributed by atoms with Crippen LogP contribution in [0.15, 0.2) is 30.5 Å². The summed E-state index contributed by atoms with van der Waals surface area (Å²) in [5, 5.41) is 13.8. The van der Waals surface area contributed by atoms with Gasteiger partial charge in [-0.2, -0.15) is 5.10 Å². The molecule has 4 nitrogen and oxygen atoms in total. The Morgan fingerprint density at radius 2 is 2.24 bits per heavy atom. The maximum absolute atomic E-state index is 11.2. The van der Waals surface area contributed by atoms with E-state index in [2.05, 4.69) is 5.10 Å². The molecule has 0 saturated carbocycles. The Balaban J connectivity index is 2.65. The van der Waals surface area contributed by atoms with Gasteiger partial charge in [-0.3, -0.25) is 4.68 Å².